The van der Waals surface area contributed by atoms with Gasteiger partial charge in [-0.25, -0.2) is 18.0 Å². The van der Waals surface area contributed by atoms with Gasteiger partial charge in [0.2, 0.25) is 10.0 Å². The molecule has 0 radical (unpaired) electrons. The number of urea groups is 1. The molecule has 1 aromatic carbocycles. The van der Waals surface area contributed by atoms with E-state index in [1.165, 1.54) is 28.6 Å². The number of amides is 3. The predicted octanol–water partition coefficient (Wildman–Crippen LogP) is 1.75. The molecule has 0 aliphatic heterocycles. The van der Waals surface area contributed by atoms with E-state index < -0.39 is 34.5 Å². The third-order valence-corrected chi connectivity index (χ3v) is 6.09. The minimum Gasteiger partial charge on any atom is -0.452 e. The Bertz CT molecular complexity index is 802. The molecule has 10 heteroatoms. The Hall–Kier alpha value is -2.46. The van der Waals surface area contributed by atoms with Crippen LogP contribution >= 0.6 is 0 Å². The van der Waals surface area contributed by atoms with E-state index in [2.05, 4.69) is 10.6 Å². The molecule has 3 amide bonds. The Kier molecular flexibility index (Phi) is 9.76. The first-order valence-electron chi connectivity index (χ1n) is 9.46. The number of carbonyl (C=O) groups is 3. The second kappa shape index (κ2) is 11.5. The Morgan fingerprint density at radius 2 is 1.66 bits per heavy atom. The standard InChI is InChI=1S/C19H29N3O6S/c1-5-22(6-2)29(26,27)16-9-7-15(8-10-16)18(24)28-13-17(23)21-19(25)20-12-11-14(3)4/h7-10,14H,5-6,11-13H2,1-4H3,(H2,20,21,23,25). The Labute approximate surface area is 171 Å². The molecule has 1 aromatic rings. The molecule has 0 saturated heterocycles. The molecule has 0 bridgehead atoms. The molecule has 0 aromatic heterocycles. The summed E-state index contributed by atoms with van der Waals surface area (Å²) in [5.41, 5.74) is 0.0951. The summed E-state index contributed by atoms with van der Waals surface area (Å²) in [4.78, 5) is 35.3. The van der Waals surface area contributed by atoms with Gasteiger partial charge in [0.1, 0.15) is 0 Å². The monoisotopic (exact) mass is 427 g/mol. The van der Waals surface area contributed by atoms with Crippen LogP contribution in [-0.2, 0) is 19.6 Å². The first-order chi connectivity index (χ1) is 13.6. The fourth-order valence-electron chi connectivity index (χ4n) is 2.37. The van der Waals surface area contributed by atoms with Crippen LogP contribution < -0.4 is 10.6 Å². The maximum atomic E-state index is 12.4. The van der Waals surface area contributed by atoms with Crippen molar-refractivity contribution in [2.45, 2.75) is 39.0 Å². The van der Waals surface area contributed by atoms with E-state index in [-0.39, 0.29) is 10.5 Å². The van der Waals surface area contributed by atoms with Crippen molar-refractivity contribution >= 4 is 27.9 Å². The lowest BCUT2D eigenvalue weighted by Crippen LogP contribution is -2.41. The van der Waals surface area contributed by atoms with Crippen molar-refractivity contribution in [1.29, 1.82) is 0 Å². The van der Waals surface area contributed by atoms with E-state index in [1.807, 2.05) is 13.8 Å². The Morgan fingerprint density at radius 3 is 2.17 bits per heavy atom. The quantitative estimate of drug-likeness (QED) is 0.549. The minimum atomic E-state index is -3.62. The highest BCUT2D eigenvalue weighted by molar-refractivity contribution is 7.89. The van der Waals surface area contributed by atoms with Gasteiger partial charge in [0.15, 0.2) is 6.61 Å². The molecule has 0 atom stereocenters. The first kappa shape index (κ1) is 24.6. The highest BCUT2D eigenvalue weighted by Gasteiger charge is 2.22. The fraction of sp³-hybridized carbons (Fsp3) is 0.526. The summed E-state index contributed by atoms with van der Waals surface area (Å²) in [5, 5.41) is 4.59. The number of ether oxygens (including phenoxy) is 1. The zero-order chi connectivity index (χ0) is 22.0. The second-order valence-electron chi connectivity index (χ2n) is 6.68. The lowest BCUT2D eigenvalue weighted by Gasteiger charge is -2.18. The van der Waals surface area contributed by atoms with Gasteiger partial charge in [0.25, 0.3) is 5.91 Å². The van der Waals surface area contributed by atoms with Crippen LogP contribution in [0.1, 0.15) is 44.5 Å². The van der Waals surface area contributed by atoms with Gasteiger partial charge in [0.05, 0.1) is 10.5 Å². The number of benzene rings is 1. The van der Waals surface area contributed by atoms with Gasteiger partial charge in [0, 0.05) is 19.6 Å². The first-order valence-corrected chi connectivity index (χ1v) is 10.9. The van der Waals surface area contributed by atoms with Gasteiger partial charge < -0.3 is 10.1 Å². The van der Waals surface area contributed by atoms with Crippen LogP contribution in [0.25, 0.3) is 0 Å². The third-order valence-electron chi connectivity index (χ3n) is 4.03. The van der Waals surface area contributed by atoms with Crippen molar-refractivity contribution in [2.24, 2.45) is 5.92 Å². The van der Waals surface area contributed by atoms with Gasteiger partial charge in [-0.3, -0.25) is 10.1 Å². The molecule has 9 nitrogen and oxygen atoms in total. The van der Waals surface area contributed by atoms with Crippen LogP contribution in [0.15, 0.2) is 29.2 Å². The maximum Gasteiger partial charge on any atom is 0.338 e. The predicted molar refractivity (Wildman–Crippen MR) is 108 cm³/mol. The summed E-state index contributed by atoms with van der Waals surface area (Å²) >= 11 is 0. The van der Waals surface area contributed by atoms with Crippen molar-refractivity contribution in [2.75, 3.05) is 26.2 Å². The smallest absolute Gasteiger partial charge is 0.338 e. The van der Waals surface area contributed by atoms with E-state index in [0.29, 0.717) is 25.6 Å². The fourth-order valence-corrected chi connectivity index (χ4v) is 3.83. The van der Waals surface area contributed by atoms with E-state index >= 15 is 0 Å². The average molecular weight is 428 g/mol. The van der Waals surface area contributed by atoms with E-state index in [1.54, 1.807) is 13.8 Å². The molecule has 0 aliphatic carbocycles. The van der Waals surface area contributed by atoms with E-state index in [9.17, 15) is 22.8 Å². The summed E-state index contributed by atoms with van der Waals surface area (Å²) in [6, 6.07) is 4.60. The molecule has 1 rings (SSSR count). The number of sulfonamides is 1. The SMILES string of the molecule is CCN(CC)S(=O)(=O)c1ccc(C(=O)OCC(=O)NC(=O)NCCC(C)C)cc1. The average Bonchev–Trinajstić information content (AvgIpc) is 2.66. The summed E-state index contributed by atoms with van der Waals surface area (Å²) in [6.07, 6.45) is 0.774. The molecule has 0 spiro atoms. The number of nitrogens with one attached hydrogen (secondary N) is 2. The molecular formula is C19H29N3O6S. The highest BCUT2D eigenvalue weighted by atomic mass is 32.2. The molecule has 0 saturated carbocycles. The van der Waals surface area contributed by atoms with Crippen LogP contribution in [0, 0.1) is 5.92 Å². The van der Waals surface area contributed by atoms with Gasteiger partial charge >= 0.3 is 12.0 Å². The number of imide groups is 1. The topological polar surface area (TPSA) is 122 Å². The molecule has 29 heavy (non-hydrogen) atoms. The van der Waals surface area contributed by atoms with Crippen LogP contribution in [0.3, 0.4) is 0 Å². The zero-order valence-corrected chi connectivity index (χ0v) is 18.0. The molecule has 0 heterocycles. The second-order valence-corrected chi connectivity index (χ2v) is 8.61. The van der Waals surface area contributed by atoms with Crippen molar-refractivity contribution in [3.63, 3.8) is 0 Å². The number of rotatable bonds is 10. The summed E-state index contributed by atoms with van der Waals surface area (Å²) in [5.74, 6) is -1.14. The molecule has 0 unspecified atom stereocenters. The van der Waals surface area contributed by atoms with Crippen molar-refractivity contribution in [1.82, 2.24) is 14.9 Å². The van der Waals surface area contributed by atoms with Gasteiger partial charge in [-0.05, 0) is 36.6 Å². The largest absolute Gasteiger partial charge is 0.452 e. The maximum absolute atomic E-state index is 12.4. The number of carbonyl (C=O) groups excluding carboxylic acids is 3. The van der Waals surface area contributed by atoms with Crippen LogP contribution in [0.4, 0.5) is 4.79 Å². The minimum absolute atomic E-state index is 0.0635. The molecule has 2 N–H and O–H groups in total. The van der Waals surface area contributed by atoms with Gasteiger partial charge in [-0.1, -0.05) is 27.7 Å². The van der Waals surface area contributed by atoms with Crippen LogP contribution in [0.2, 0.25) is 0 Å². The van der Waals surface area contributed by atoms with Crippen molar-refractivity contribution < 1.29 is 27.5 Å². The Balaban J connectivity index is 2.57. The Morgan fingerprint density at radius 1 is 1.07 bits per heavy atom. The normalized spacial score (nSPS) is 11.4. The molecule has 162 valence electrons. The lowest BCUT2D eigenvalue weighted by molar-refractivity contribution is -0.123. The lowest BCUT2D eigenvalue weighted by atomic mass is 10.1. The molecular weight excluding hydrogens is 398 g/mol. The van der Waals surface area contributed by atoms with E-state index in [0.717, 1.165) is 6.42 Å². The van der Waals surface area contributed by atoms with Crippen molar-refractivity contribution in [3.05, 3.63) is 29.8 Å². The van der Waals surface area contributed by atoms with Gasteiger partial charge in [-0.2, -0.15) is 4.31 Å². The zero-order valence-electron chi connectivity index (χ0n) is 17.2. The van der Waals surface area contributed by atoms with Crippen molar-refractivity contribution in [3.8, 4) is 0 Å². The number of nitrogens with zero attached hydrogens (tertiary/aromatic N) is 1. The van der Waals surface area contributed by atoms with Crippen LogP contribution in [0.5, 0.6) is 0 Å². The van der Waals surface area contributed by atoms with E-state index in [4.69, 9.17) is 4.74 Å². The summed E-state index contributed by atoms with van der Waals surface area (Å²) in [7, 11) is -3.62. The molecule has 0 aliphatic rings. The van der Waals surface area contributed by atoms with Crippen LogP contribution in [-0.4, -0.2) is 56.9 Å². The summed E-state index contributed by atoms with van der Waals surface area (Å²) in [6.45, 7) is 7.97. The number of hydrogen-bond donors (Lipinski definition) is 2. The summed E-state index contributed by atoms with van der Waals surface area (Å²) < 4.78 is 31.0. The number of esters is 1. The highest BCUT2D eigenvalue weighted by Crippen LogP contribution is 2.16. The van der Waals surface area contributed by atoms with Gasteiger partial charge in [-0.15, -0.1) is 0 Å². The number of hydrogen-bond acceptors (Lipinski definition) is 6. The third kappa shape index (κ3) is 7.82. The molecule has 0 fully saturated rings.